The Morgan fingerprint density at radius 2 is 1.85 bits per heavy atom. The molecule has 2 rings (SSSR count). The molecule has 0 aliphatic carbocycles. The first-order valence-corrected chi connectivity index (χ1v) is 7.60. The number of hydrogen-bond donors (Lipinski definition) is 3. The predicted molar refractivity (Wildman–Crippen MR) is 95.1 cm³/mol. The van der Waals surface area contributed by atoms with Crippen molar-refractivity contribution in [2.24, 2.45) is 5.10 Å². The van der Waals surface area contributed by atoms with Crippen molar-refractivity contribution in [2.75, 3.05) is 11.9 Å². The van der Waals surface area contributed by atoms with Crippen molar-refractivity contribution in [3.05, 3.63) is 59.7 Å². The number of ether oxygens (including phenoxy) is 1. The van der Waals surface area contributed by atoms with Crippen LogP contribution in [-0.2, 0) is 14.4 Å². The number of nitrogens with one attached hydrogen (secondary N) is 2. The SMILES string of the molecule is Cc1cccc(NC(=O)C(=O)N/N=C\c2ccc(OCC(=O)O)cc2)c1. The number of benzene rings is 2. The van der Waals surface area contributed by atoms with Crippen LogP contribution in [0.4, 0.5) is 5.69 Å². The molecule has 2 amide bonds. The van der Waals surface area contributed by atoms with Gasteiger partial charge in [-0.05, 0) is 54.4 Å². The molecule has 0 heterocycles. The van der Waals surface area contributed by atoms with E-state index in [1.165, 1.54) is 6.21 Å². The van der Waals surface area contributed by atoms with E-state index in [1.807, 2.05) is 13.0 Å². The van der Waals surface area contributed by atoms with Crippen LogP contribution >= 0.6 is 0 Å². The molecule has 0 atom stereocenters. The number of hydrogen-bond acceptors (Lipinski definition) is 5. The van der Waals surface area contributed by atoms with Crippen molar-refractivity contribution >= 4 is 29.7 Å². The highest BCUT2D eigenvalue weighted by molar-refractivity contribution is 6.39. The lowest BCUT2D eigenvalue weighted by atomic mass is 10.2. The van der Waals surface area contributed by atoms with E-state index in [2.05, 4.69) is 15.8 Å². The summed E-state index contributed by atoms with van der Waals surface area (Å²) in [5, 5.41) is 14.7. The number of aliphatic carboxylic acids is 1. The first-order valence-electron chi connectivity index (χ1n) is 7.60. The molecule has 0 saturated heterocycles. The van der Waals surface area contributed by atoms with Crippen LogP contribution < -0.4 is 15.5 Å². The molecule has 0 bridgehead atoms. The number of aryl methyl sites for hydroxylation is 1. The number of carbonyl (C=O) groups excluding carboxylic acids is 2. The maximum absolute atomic E-state index is 11.8. The van der Waals surface area contributed by atoms with Crippen LogP contribution in [0.2, 0.25) is 0 Å². The average Bonchev–Trinajstić information content (AvgIpc) is 2.61. The van der Waals surface area contributed by atoms with Gasteiger partial charge in [0.2, 0.25) is 0 Å². The third kappa shape index (κ3) is 6.08. The lowest BCUT2D eigenvalue weighted by molar-refractivity contribution is -0.139. The first-order chi connectivity index (χ1) is 12.4. The van der Waals surface area contributed by atoms with Gasteiger partial charge in [-0.3, -0.25) is 9.59 Å². The second-order valence-electron chi connectivity index (χ2n) is 5.27. The minimum absolute atomic E-state index is 0.395. The molecule has 8 nitrogen and oxygen atoms in total. The van der Waals surface area contributed by atoms with Gasteiger partial charge in [-0.1, -0.05) is 12.1 Å². The Morgan fingerprint density at radius 3 is 2.50 bits per heavy atom. The number of nitrogens with zero attached hydrogens (tertiary/aromatic N) is 1. The van der Waals surface area contributed by atoms with Crippen molar-refractivity contribution in [2.45, 2.75) is 6.92 Å². The largest absolute Gasteiger partial charge is 0.482 e. The van der Waals surface area contributed by atoms with Gasteiger partial charge in [0.25, 0.3) is 0 Å². The number of anilines is 1. The van der Waals surface area contributed by atoms with Crippen molar-refractivity contribution in [3.8, 4) is 5.75 Å². The van der Waals surface area contributed by atoms with Crippen molar-refractivity contribution in [3.63, 3.8) is 0 Å². The Labute approximate surface area is 149 Å². The summed E-state index contributed by atoms with van der Waals surface area (Å²) in [6.45, 7) is 1.44. The van der Waals surface area contributed by atoms with Crippen LogP contribution in [0.15, 0.2) is 53.6 Å². The minimum atomic E-state index is -1.07. The van der Waals surface area contributed by atoms with Crippen LogP contribution in [-0.4, -0.2) is 35.7 Å². The van der Waals surface area contributed by atoms with Gasteiger partial charge in [0.05, 0.1) is 6.21 Å². The van der Waals surface area contributed by atoms with E-state index in [1.54, 1.807) is 42.5 Å². The fourth-order valence-electron chi connectivity index (χ4n) is 1.92. The number of amides is 2. The molecule has 0 aliphatic rings. The molecular weight excluding hydrogens is 338 g/mol. The monoisotopic (exact) mass is 355 g/mol. The average molecular weight is 355 g/mol. The van der Waals surface area contributed by atoms with E-state index in [0.717, 1.165) is 5.56 Å². The summed E-state index contributed by atoms with van der Waals surface area (Å²) in [5.41, 5.74) is 4.24. The molecular formula is C18H17N3O5. The second-order valence-corrected chi connectivity index (χ2v) is 5.27. The lowest BCUT2D eigenvalue weighted by Gasteiger charge is -2.04. The fraction of sp³-hybridized carbons (Fsp3) is 0.111. The molecule has 2 aromatic carbocycles. The molecule has 3 N–H and O–H groups in total. The minimum Gasteiger partial charge on any atom is -0.482 e. The van der Waals surface area contributed by atoms with Gasteiger partial charge in [0.15, 0.2) is 6.61 Å². The van der Waals surface area contributed by atoms with Gasteiger partial charge in [-0.25, -0.2) is 10.2 Å². The van der Waals surface area contributed by atoms with E-state index in [0.29, 0.717) is 17.0 Å². The smallest absolute Gasteiger partial charge is 0.341 e. The van der Waals surface area contributed by atoms with Gasteiger partial charge < -0.3 is 15.2 Å². The topological polar surface area (TPSA) is 117 Å². The molecule has 2 aromatic rings. The summed E-state index contributed by atoms with van der Waals surface area (Å²) < 4.78 is 4.99. The lowest BCUT2D eigenvalue weighted by Crippen LogP contribution is -2.32. The van der Waals surface area contributed by atoms with Crippen molar-refractivity contribution < 1.29 is 24.2 Å². The molecule has 0 saturated carbocycles. The summed E-state index contributed by atoms with van der Waals surface area (Å²) in [6.07, 6.45) is 1.35. The first kappa shape index (κ1) is 18.7. The molecule has 134 valence electrons. The zero-order valence-electron chi connectivity index (χ0n) is 13.9. The quantitative estimate of drug-likeness (QED) is 0.413. The van der Waals surface area contributed by atoms with E-state index in [9.17, 15) is 14.4 Å². The van der Waals surface area contributed by atoms with E-state index in [4.69, 9.17) is 9.84 Å². The molecule has 26 heavy (non-hydrogen) atoms. The zero-order valence-corrected chi connectivity index (χ0v) is 13.9. The number of carboxylic acid groups (broad SMARTS) is 1. The molecule has 0 aromatic heterocycles. The van der Waals surface area contributed by atoms with Crippen LogP contribution in [0.1, 0.15) is 11.1 Å². The molecule has 0 spiro atoms. The summed E-state index contributed by atoms with van der Waals surface area (Å²) in [6, 6.07) is 13.4. The predicted octanol–water partition coefficient (Wildman–Crippen LogP) is 1.55. The van der Waals surface area contributed by atoms with Gasteiger partial charge in [-0.15, -0.1) is 0 Å². The summed E-state index contributed by atoms with van der Waals surface area (Å²) in [7, 11) is 0. The summed E-state index contributed by atoms with van der Waals surface area (Å²) in [4.78, 5) is 33.9. The van der Waals surface area contributed by atoms with E-state index in [-0.39, 0.29) is 0 Å². The Morgan fingerprint density at radius 1 is 1.12 bits per heavy atom. The zero-order chi connectivity index (χ0) is 18.9. The Kier molecular flexibility index (Phi) is 6.44. The maximum Gasteiger partial charge on any atom is 0.341 e. The van der Waals surface area contributed by atoms with Crippen molar-refractivity contribution in [1.29, 1.82) is 0 Å². The maximum atomic E-state index is 11.8. The highest BCUT2D eigenvalue weighted by atomic mass is 16.5. The third-order valence-electron chi connectivity index (χ3n) is 3.10. The highest BCUT2D eigenvalue weighted by Crippen LogP contribution is 2.11. The number of carboxylic acids is 1. The standard InChI is InChI=1S/C18H17N3O5/c1-12-3-2-4-14(9-12)20-17(24)18(25)21-19-10-13-5-7-15(8-6-13)26-11-16(22)23/h2-10H,11H2,1H3,(H,20,24)(H,21,25)(H,22,23)/b19-10-. The van der Waals surface area contributed by atoms with Crippen LogP contribution in [0.25, 0.3) is 0 Å². The Balaban J connectivity index is 1.84. The number of hydrazone groups is 1. The third-order valence-corrected chi connectivity index (χ3v) is 3.10. The Bertz CT molecular complexity index is 831. The molecule has 0 unspecified atom stereocenters. The second kappa shape index (κ2) is 8.97. The van der Waals surface area contributed by atoms with Crippen molar-refractivity contribution in [1.82, 2.24) is 5.43 Å². The molecule has 0 aliphatic heterocycles. The van der Waals surface area contributed by atoms with E-state index < -0.39 is 24.4 Å². The van der Waals surface area contributed by atoms with Gasteiger partial charge in [0.1, 0.15) is 5.75 Å². The normalized spacial score (nSPS) is 10.3. The van der Waals surface area contributed by atoms with Gasteiger partial charge in [-0.2, -0.15) is 5.10 Å². The van der Waals surface area contributed by atoms with Crippen LogP contribution in [0, 0.1) is 6.92 Å². The molecule has 8 heteroatoms. The van der Waals surface area contributed by atoms with Gasteiger partial charge in [0, 0.05) is 5.69 Å². The molecule has 0 fully saturated rings. The Hall–Kier alpha value is -3.68. The van der Waals surface area contributed by atoms with Crippen LogP contribution in [0.3, 0.4) is 0 Å². The molecule has 0 radical (unpaired) electrons. The number of carbonyl (C=O) groups is 3. The fourth-order valence-corrected chi connectivity index (χ4v) is 1.92. The van der Waals surface area contributed by atoms with Crippen LogP contribution in [0.5, 0.6) is 5.75 Å². The highest BCUT2D eigenvalue weighted by Gasteiger charge is 2.12. The van der Waals surface area contributed by atoms with E-state index >= 15 is 0 Å². The van der Waals surface area contributed by atoms with Gasteiger partial charge >= 0.3 is 17.8 Å². The summed E-state index contributed by atoms with van der Waals surface area (Å²) in [5.74, 6) is -2.40. The summed E-state index contributed by atoms with van der Waals surface area (Å²) >= 11 is 0. The number of rotatable bonds is 6.